The minimum atomic E-state index is 0.0175. The van der Waals surface area contributed by atoms with Crippen molar-refractivity contribution in [1.29, 1.82) is 0 Å². The number of anilines is 1. The third-order valence-corrected chi connectivity index (χ3v) is 5.20. The molecule has 0 spiro atoms. The van der Waals surface area contributed by atoms with Gasteiger partial charge in [-0.3, -0.25) is 4.79 Å². The number of benzene rings is 4. The summed E-state index contributed by atoms with van der Waals surface area (Å²) in [7, 11) is 0. The molecule has 0 heterocycles. The van der Waals surface area contributed by atoms with E-state index in [1.165, 1.54) is 5.56 Å². The van der Waals surface area contributed by atoms with Crippen molar-refractivity contribution in [3.63, 3.8) is 0 Å². The molecule has 31 heavy (non-hydrogen) atoms. The molecule has 0 aliphatic carbocycles. The van der Waals surface area contributed by atoms with Crippen molar-refractivity contribution in [3.8, 4) is 0 Å². The fraction of sp³-hybridized carbons (Fsp3) is 0.107. The number of carbonyl (C=O) groups excluding carboxylic acids is 1. The van der Waals surface area contributed by atoms with Crippen LogP contribution >= 0.6 is 0 Å². The van der Waals surface area contributed by atoms with E-state index in [1.807, 2.05) is 83.8 Å². The molecule has 3 nitrogen and oxygen atoms in total. The Bertz CT molecular complexity index is 1050. The fourth-order valence-electron chi connectivity index (χ4n) is 3.59. The zero-order valence-electron chi connectivity index (χ0n) is 17.4. The van der Waals surface area contributed by atoms with Crippen LogP contribution in [-0.4, -0.2) is 10.8 Å². The van der Waals surface area contributed by atoms with Crippen molar-refractivity contribution in [2.45, 2.75) is 19.6 Å². The molecule has 154 valence electrons. The number of nitrogens with one attached hydrogen (secondary N) is 1. The van der Waals surface area contributed by atoms with E-state index in [9.17, 15) is 4.79 Å². The molecule has 0 aromatic heterocycles. The molecule has 1 amide bonds. The van der Waals surface area contributed by atoms with E-state index < -0.39 is 0 Å². The number of amides is 1. The summed E-state index contributed by atoms with van der Waals surface area (Å²) in [6, 6.07) is 38.2. The van der Waals surface area contributed by atoms with E-state index in [-0.39, 0.29) is 5.91 Å². The van der Waals surface area contributed by atoms with Gasteiger partial charge in [0.15, 0.2) is 0 Å². The van der Waals surface area contributed by atoms with E-state index in [4.69, 9.17) is 0 Å². The Kier molecular flexibility index (Phi) is 6.76. The third kappa shape index (κ3) is 5.61. The predicted molar refractivity (Wildman–Crippen MR) is 127 cm³/mol. The second-order valence-corrected chi connectivity index (χ2v) is 7.52. The van der Waals surface area contributed by atoms with Crippen molar-refractivity contribution < 1.29 is 4.79 Å². The van der Waals surface area contributed by atoms with Crippen LogP contribution in [0, 0.1) is 0 Å². The number of hydrogen-bond acceptors (Lipinski definition) is 2. The summed E-state index contributed by atoms with van der Waals surface area (Å²) in [6.45, 7) is 1.78. The Labute approximate surface area is 184 Å². The molecule has 0 unspecified atom stereocenters. The first kappa shape index (κ1) is 20.4. The van der Waals surface area contributed by atoms with Crippen LogP contribution in [0.2, 0.25) is 0 Å². The zero-order valence-corrected chi connectivity index (χ0v) is 17.4. The van der Waals surface area contributed by atoms with Crippen LogP contribution in [0.15, 0.2) is 115 Å². The summed E-state index contributed by atoms with van der Waals surface area (Å²) in [5.74, 6) is 0.0175. The Morgan fingerprint density at radius 3 is 1.58 bits per heavy atom. The molecular formula is C28H26N2O. The molecule has 0 aliphatic rings. The highest BCUT2D eigenvalue weighted by Gasteiger charge is 2.19. The van der Waals surface area contributed by atoms with Crippen molar-refractivity contribution >= 4 is 11.6 Å². The number of para-hydroxylation sites is 1. The van der Waals surface area contributed by atoms with Crippen LogP contribution in [0.25, 0.3) is 0 Å². The van der Waals surface area contributed by atoms with Crippen LogP contribution in [0.4, 0.5) is 5.69 Å². The van der Waals surface area contributed by atoms with Gasteiger partial charge in [0, 0.05) is 25.3 Å². The molecule has 0 atom stereocenters. The first-order valence-electron chi connectivity index (χ1n) is 10.5. The molecule has 0 aliphatic heterocycles. The third-order valence-electron chi connectivity index (χ3n) is 5.20. The highest BCUT2D eigenvalue weighted by atomic mass is 16.2. The van der Waals surface area contributed by atoms with Crippen LogP contribution in [-0.2, 0) is 19.6 Å². The molecule has 0 saturated carbocycles. The molecular weight excluding hydrogens is 380 g/mol. The summed E-state index contributed by atoms with van der Waals surface area (Å²) < 4.78 is 0. The molecule has 4 aromatic rings. The molecule has 4 rings (SSSR count). The minimum Gasteiger partial charge on any atom is -0.380 e. The van der Waals surface area contributed by atoms with Gasteiger partial charge in [0.25, 0.3) is 5.91 Å². The first-order valence-corrected chi connectivity index (χ1v) is 10.5. The minimum absolute atomic E-state index is 0.0175. The molecule has 0 saturated heterocycles. The lowest BCUT2D eigenvalue weighted by Crippen LogP contribution is -2.30. The summed E-state index contributed by atoms with van der Waals surface area (Å²) in [5.41, 5.74) is 4.94. The highest BCUT2D eigenvalue weighted by Crippen LogP contribution is 2.21. The molecule has 0 bridgehead atoms. The van der Waals surface area contributed by atoms with Crippen LogP contribution in [0.5, 0.6) is 0 Å². The normalized spacial score (nSPS) is 10.5. The van der Waals surface area contributed by atoms with Gasteiger partial charge in [-0.2, -0.15) is 0 Å². The topological polar surface area (TPSA) is 32.3 Å². The molecule has 1 N–H and O–H groups in total. The average Bonchev–Trinajstić information content (AvgIpc) is 2.84. The number of nitrogens with zero attached hydrogens (tertiary/aromatic N) is 1. The van der Waals surface area contributed by atoms with E-state index in [0.717, 1.165) is 16.8 Å². The summed E-state index contributed by atoms with van der Waals surface area (Å²) >= 11 is 0. The second-order valence-electron chi connectivity index (χ2n) is 7.52. The van der Waals surface area contributed by atoms with E-state index in [2.05, 4.69) is 41.7 Å². The second kappa shape index (κ2) is 10.3. The van der Waals surface area contributed by atoms with Crippen molar-refractivity contribution in [2.24, 2.45) is 0 Å². The van der Waals surface area contributed by atoms with Gasteiger partial charge in [0.1, 0.15) is 0 Å². The van der Waals surface area contributed by atoms with Crippen LogP contribution in [0.1, 0.15) is 27.0 Å². The molecule has 3 heteroatoms. The van der Waals surface area contributed by atoms with Gasteiger partial charge in [0.2, 0.25) is 0 Å². The average molecular weight is 407 g/mol. The highest BCUT2D eigenvalue weighted by molar-refractivity contribution is 5.99. The van der Waals surface area contributed by atoms with Gasteiger partial charge >= 0.3 is 0 Å². The Balaban J connectivity index is 1.58. The van der Waals surface area contributed by atoms with Crippen molar-refractivity contribution in [3.05, 3.63) is 138 Å². The maximum atomic E-state index is 13.7. The van der Waals surface area contributed by atoms with Gasteiger partial charge in [-0.25, -0.2) is 0 Å². The number of carbonyl (C=O) groups is 1. The lowest BCUT2D eigenvalue weighted by molar-refractivity contribution is 0.0731. The maximum absolute atomic E-state index is 13.7. The quantitative estimate of drug-likeness (QED) is 0.381. The molecule has 0 fully saturated rings. The van der Waals surface area contributed by atoms with Gasteiger partial charge < -0.3 is 10.2 Å². The number of hydrogen-bond donors (Lipinski definition) is 1. The Morgan fingerprint density at radius 1 is 0.581 bits per heavy atom. The fourth-order valence-corrected chi connectivity index (χ4v) is 3.59. The van der Waals surface area contributed by atoms with Gasteiger partial charge in [-0.15, -0.1) is 0 Å². The van der Waals surface area contributed by atoms with E-state index >= 15 is 0 Å². The SMILES string of the molecule is O=C(c1ccccc1NCc1ccccc1)N(Cc1ccccc1)Cc1ccccc1. The monoisotopic (exact) mass is 406 g/mol. The van der Waals surface area contributed by atoms with Gasteiger partial charge in [0.05, 0.1) is 5.56 Å². The van der Waals surface area contributed by atoms with Crippen molar-refractivity contribution in [1.82, 2.24) is 4.90 Å². The first-order chi connectivity index (χ1) is 15.3. The van der Waals surface area contributed by atoms with Gasteiger partial charge in [-0.1, -0.05) is 103 Å². The maximum Gasteiger partial charge on any atom is 0.256 e. The Hall–Kier alpha value is -3.85. The summed E-state index contributed by atoms with van der Waals surface area (Å²) in [6.07, 6.45) is 0. The lowest BCUT2D eigenvalue weighted by atomic mass is 10.1. The van der Waals surface area contributed by atoms with Crippen LogP contribution < -0.4 is 5.32 Å². The molecule has 0 radical (unpaired) electrons. The summed E-state index contributed by atoms with van der Waals surface area (Å²) in [4.78, 5) is 15.6. The van der Waals surface area contributed by atoms with Crippen molar-refractivity contribution in [2.75, 3.05) is 5.32 Å². The Morgan fingerprint density at radius 2 is 1.03 bits per heavy atom. The van der Waals surface area contributed by atoms with E-state index in [0.29, 0.717) is 25.2 Å². The van der Waals surface area contributed by atoms with Crippen LogP contribution in [0.3, 0.4) is 0 Å². The summed E-state index contributed by atoms with van der Waals surface area (Å²) in [5, 5.41) is 3.45. The van der Waals surface area contributed by atoms with Gasteiger partial charge in [-0.05, 0) is 28.8 Å². The lowest BCUT2D eigenvalue weighted by Gasteiger charge is -2.24. The largest absolute Gasteiger partial charge is 0.380 e. The number of rotatable bonds is 8. The smallest absolute Gasteiger partial charge is 0.256 e. The van der Waals surface area contributed by atoms with E-state index in [1.54, 1.807) is 0 Å². The molecule has 4 aromatic carbocycles. The standard InChI is InChI=1S/C28H26N2O/c31-28(26-18-10-11-19-27(26)29-20-23-12-4-1-5-13-23)30(21-24-14-6-2-7-15-24)22-25-16-8-3-9-17-25/h1-19,29H,20-22H2. The zero-order chi connectivity index (χ0) is 21.3. The predicted octanol–water partition coefficient (Wildman–Crippen LogP) is 6.14.